The predicted octanol–water partition coefficient (Wildman–Crippen LogP) is 2.06. The topological polar surface area (TPSA) is 81.4 Å². The molecule has 2 aromatic carbocycles. The lowest BCUT2D eigenvalue weighted by Gasteiger charge is -2.08. The fraction of sp³-hybridized carbons (Fsp3) is 0.294. The molecule has 0 amide bonds. The van der Waals surface area contributed by atoms with Gasteiger partial charge in [0.05, 0.1) is 11.5 Å². The average Bonchev–Trinajstić information content (AvgIpc) is 2.52. The highest BCUT2D eigenvalue weighted by atomic mass is 32.2. The first kappa shape index (κ1) is 17.5. The van der Waals surface area contributed by atoms with Crippen molar-refractivity contribution in [3.8, 4) is 5.75 Å². The van der Waals surface area contributed by atoms with Crippen LogP contribution in [0.4, 0.5) is 0 Å². The number of nitrogens with one attached hydrogen (secondary N) is 1. The Morgan fingerprint density at radius 1 is 1.09 bits per heavy atom. The fourth-order valence-electron chi connectivity index (χ4n) is 2.22. The van der Waals surface area contributed by atoms with Gasteiger partial charge in [0.1, 0.15) is 5.75 Å². The van der Waals surface area contributed by atoms with E-state index in [9.17, 15) is 8.42 Å². The number of hydrogen-bond donors (Lipinski definition) is 2. The lowest BCUT2D eigenvalue weighted by molar-refractivity contribution is 0.340. The third-order valence-corrected chi connectivity index (χ3v) is 4.31. The summed E-state index contributed by atoms with van der Waals surface area (Å²) < 4.78 is 27.9. The molecule has 0 fully saturated rings. The summed E-state index contributed by atoms with van der Waals surface area (Å²) in [6.07, 6.45) is 0.816. The Kier molecular flexibility index (Phi) is 6.15. The molecule has 0 bridgehead atoms. The van der Waals surface area contributed by atoms with E-state index in [2.05, 4.69) is 11.4 Å². The van der Waals surface area contributed by atoms with Crippen LogP contribution in [0.1, 0.15) is 18.1 Å². The highest BCUT2D eigenvalue weighted by Gasteiger charge is 2.06. The molecule has 0 saturated carbocycles. The zero-order valence-corrected chi connectivity index (χ0v) is 14.0. The molecular formula is C17H22N2O3S. The van der Waals surface area contributed by atoms with E-state index in [1.54, 1.807) is 12.1 Å². The third kappa shape index (κ3) is 5.67. The molecule has 0 aliphatic heterocycles. The van der Waals surface area contributed by atoms with Crippen LogP contribution in [0.25, 0.3) is 0 Å². The van der Waals surface area contributed by atoms with Crippen LogP contribution in [0, 0.1) is 0 Å². The molecule has 0 unspecified atom stereocenters. The summed E-state index contributed by atoms with van der Waals surface area (Å²) in [5.41, 5.74) is 2.23. The molecule has 0 aromatic heterocycles. The lowest BCUT2D eigenvalue weighted by atomic mass is 10.1. The molecule has 23 heavy (non-hydrogen) atoms. The molecule has 6 heteroatoms. The molecule has 0 saturated heterocycles. The van der Waals surface area contributed by atoms with Crippen LogP contribution in [-0.4, -0.2) is 21.6 Å². The Labute approximate surface area is 137 Å². The lowest BCUT2D eigenvalue weighted by Crippen LogP contribution is -2.17. The Bertz CT molecular complexity index is 728. The Morgan fingerprint density at radius 3 is 2.48 bits per heavy atom. The summed E-state index contributed by atoms with van der Waals surface area (Å²) in [5, 5.41) is 8.44. The molecular weight excluding hydrogens is 312 g/mol. The average molecular weight is 334 g/mol. The van der Waals surface area contributed by atoms with Gasteiger partial charge in [0.2, 0.25) is 10.0 Å². The molecule has 124 valence electrons. The maximum absolute atomic E-state index is 11.2. The molecule has 0 aliphatic rings. The number of nitrogens with two attached hydrogens (primary N) is 1. The first-order valence-electron chi connectivity index (χ1n) is 7.53. The SMILES string of the molecule is CCOc1cccc(CNCCc2ccc(S(N)(=O)=O)cc2)c1. The van der Waals surface area contributed by atoms with Gasteiger partial charge in [-0.15, -0.1) is 0 Å². The summed E-state index contributed by atoms with van der Waals surface area (Å²) in [5.74, 6) is 0.880. The van der Waals surface area contributed by atoms with Gasteiger partial charge in [0, 0.05) is 6.54 Å². The first-order valence-corrected chi connectivity index (χ1v) is 9.08. The molecule has 0 spiro atoms. The van der Waals surface area contributed by atoms with Gasteiger partial charge in [-0.1, -0.05) is 24.3 Å². The van der Waals surface area contributed by atoms with Gasteiger partial charge < -0.3 is 10.1 Å². The monoisotopic (exact) mass is 334 g/mol. The van der Waals surface area contributed by atoms with Crippen molar-refractivity contribution >= 4 is 10.0 Å². The largest absolute Gasteiger partial charge is 0.494 e. The molecule has 0 atom stereocenters. The number of ether oxygens (including phenoxy) is 1. The molecule has 0 aliphatic carbocycles. The van der Waals surface area contributed by atoms with E-state index >= 15 is 0 Å². The van der Waals surface area contributed by atoms with Crippen LogP contribution >= 0.6 is 0 Å². The summed E-state index contributed by atoms with van der Waals surface area (Å²) in [6.45, 7) is 4.18. The quantitative estimate of drug-likeness (QED) is 0.724. The van der Waals surface area contributed by atoms with Crippen LogP contribution in [0.3, 0.4) is 0 Å². The second kappa shape index (κ2) is 8.10. The van der Waals surface area contributed by atoms with Gasteiger partial charge >= 0.3 is 0 Å². The summed E-state index contributed by atoms with van der Waals surface area (Å²) in [6, 6.07) is 14.7. The molecule has 0 heterocycles. The van der Waals surface area contributed by atoms with Crippen LogP contribution in [0.5, 0.6) is 5.75 Å². The smallest absolute Gasteiger partial charge is 0.238 e. The summed E-state index contributed by atoms with van der Waals surface area (Å²) in [7, 11) is -3.62. The summed E-state index contributed by atoms with van der Waals surface area (Å²) in [4.78, 5) is 0.141. The van der Waals surface area contributed by atoms with E-state index in [0.717, 1.165) is 30.8 Å². The van der Waals surface area contributed by atoms with E-state index < -0.39 is 10.0 Å². The number of rotatable bonds is 8. The van der Waals surface area contributed by atoms with Crippen LogP contribution in [-0.2, 0) is 23.0 Å². The zero-order chi connectivity index (χ0) is 16.7. The van der Waals surface area contributed by atoms with E-state index in [1.165, 1.54) is 17.7 Å². The van der Waals surface area contributed by atoms with E-state index in [0.29, 0.717) is 6.61 Å². The van der Waals surface area contributed by atoms with Crippen molar-refractivity contribution in [1.82, 2.24) is 5.32 Å². The second-order valence-corrected chi connectivity index (χ2v) is 6.76. The molecule has 5 nitrogen and oxygen atoms in total. The Balaban J connectivity index is 1.80. The normalized spacial score (nSPS) is 11.4. The Morgan fingerprint density at radius 2 is 1.83 bits per heavy atom. The van der Waals surface area contributed by atoms with E-state index in [4.69, 9.17) is 9.88 Å². The molecule has 0 radical (unpaired) electrons. The maximum atomic E-state index is 11.2. The molecule has 2 rings (SSSR count). The first-order chi connectivity index (χ1) is 11.0. The number of benzene rings is 2. The highest BCUT2D eigenvalue weighted by molar-refractivity contribution is 7.89. The van der Waals surface area contributed by atoms with Crippen molar-refractivity contribution in [3.05, 3.63) is 59.7 Å². The minimum atomic E-state index is -3.62. The number of primary sulfonamides is 1. The second-order valence-electron chi connectivity index (χ2n) is 5.20. The number of sulfonamides is 1. The van der Waals surface area contributed by atoms with Gasteiger partial charge in [0.25, 0.3) is 0 Å². The van der Waals surface area contributed by atoms with E-state index in [-0.39, 0.29) is 4.90 Å². The minimum absolute atomic E-state index is 0.141. The van der Waals surface area contributed by atoms with Crippen molar-refractivity contribution in [1.29, 1.82) is 0 Å². The Hall–Kier alpha value is -1.89. The van der Waals surface area contributed by atoms with Crippen molar-refractivity contribution in [2.24, 2.45) is 5.14 Å². The minimum Gasteiger partial charge on any atom is -0.494 e. The maximum Gasteiger partial charge on any atom is 0.238 e. The van der Waals surface area contributed by atoms with Crippen LogP contribution in [0.15, 0.2) is 53.4 Å². The summed E-state index contributed by atoms with van der Waals surface area (Å²) >= 11 is 0. The third-order valence-electron chi connectivity index (χ3n) is 3.38. The van der Waals surface area contributed by atoms with Gasteiger partial charge in [0.15, 0.2) is 0 Å². The standard InChI is InChI=1S/C17H22N2O3S/c1-2-22-16-5-3-4-15(12-16)13-19-11-10-14-6-8-17(9-7-14)23(18,20)21/h3-9,12,19H,2,10-11,13H2,1H3,(H2,18,20,21). The van der Waals surface area contributed by atoms with Gasteiger partial charge in [-0.2, -0.15) is 0 Å². The fourth-order valence-corrected chi connectivity index (χ4v) is 2.74. The van der Waals surface area contributed by atoms with Crippen molar-refractivity contribution in [3.63, 3.8) is 0 Å². The van der Waals surface area contributed by atoms with Gasteiger partial charge in [-0.05, 0) is 55.3 Å². The van der Waals surface area contributed by atoms with Gasteiger partial charge in [-0.25, -0.2) is 13.6 Å². The molecule has 3 N–H and O–H groups in total. The van der Waals surface area contributed by atoms with Crippen molar-refractivity contribution < 1.29 is 13.2 Å². The highest BCUT2D eigenvalue weighted by Crippen LogP contribution is 2.13. The zero-order valence-electron chi connectivity index (χ0n) is 13.2. The number of hydrogen-bond acceptors (Lipinski definition) is 4. The van der Waals surface area contributed by atoms with Crippen molar-refractivity contribution in [2.75, 3.05) is 13.2 Å². The van der Waals surface area contributed by atoms with E-state index in [1.807, 2.05) is 25.1 Å². The predicted molar refractivity (Wildman–Crippen MR) is 90.8 cm³/mol. The van der Waals surface area contributed by atoms with Crippen molar-refractivity contribution in [2.45, 2.75) is 24.8 Å². The van der Waals surface area contributed by atoms with Crippen LogP contribution in [0.2, 0.25) is 0 Å². The van der Waals surface area contributed by atoms with Gasteiger partial charge in [-0.3, -0.25) is 0 Å². The molecule has 2 aromatic rings. The van der Waals surface area contributed by atoms with Crippen LogP contribution < -0.4 is 15.2 Å².